The van der Waals surface area contributed by atoms with Crippen molar-refractivity contribution in [3.05, 3.63) is 70.2 Å². The number of hydrogen-bond donors (Lipinski definition) is 2. The average Bonchev–Trinajstić information content (AvgIpc) is 2.57. The van der Waals surface area contributed by atoms with Crippen LogP contribution in [0, 0.1) is 11.2 Å². The molecule has 1 aliphatic rings. The molecular formula is C17H12BrFN3OS+. The zero-order valence-corrected chi connectivity index (χ0v) is 14.7. The van der Waals surface area contributed by atoms with E-state index < -0.39 is 17.8 Å². The minimum Gasteiger partial charge on any atom is -0.310 e. The molecule has 1 amide bonds. The molecular weight excluding hydrogens is 393 g/mol. The molecule has 2 heterocycles. The molecule has 120 valence electrons. The molecule has 1 aromatic heterocycles. The number of benzene rings is 1. The number of piperidine rings is 1. The Kier molecular flexibility index (Phi) is 4.66. The van der Waals surface area contributed by atoms with Crippen molar-refractivity contribution < 1.29 is 13.8 Å². The van der Waals surface area contributed by atoms with Crippen LogP contribution in [0.2, 0.25) is 0 Å². The van der Waals surface area contributed by atoms with Gasteiger partial charge in [0.1, 0.15) is 10.8 Å². The van der Waals surface area contributed by atoms with E-state index in [9.17, 15) is 9.18 Å². The van der Waals surface area contributed by atoms with Crippen LogP contribution in [0.1, 0.15) is 17.5 Å². The van der Waals surface area contributed by atoms with Crippen LogP contribution < -0.4 is 9.88 Å². The summed E-state index contributed by atoms with van der Waals surface area (Å²) >= 11 is 8.36. The quantitative estimate of drug-likeness (QED) is 0.350. The molecule has 2 atom stereocenters. The lowest BCUT2D eigenvalue weighted by atomic mass is 9.82. The van der Waals surface area contributed by atoms with E-state index in [0.29, 0.717) is 11.1 Å². The van der Waals surface area contributed by atoms with Gasteiger partial charge in [0.15, 0.2) is 12.4 Å². The number of nitrogens with zero attached hydrogens (tertiary/aromatic N) is 1. The molecule has 7 heteroatoms. The molecule has 3 rings (SSSR count). The summed E-state index contributed by atoms with van der Waals surface area (Å²) in [7, 11) is 0. The van der Waals surface area contributed by atoms with Crippen LogP contribution in [0.25, 0.3) is 0 Å². The van der Waals surface area contributed by atoms with Crippen LogP contribution in [0.4, 0.5) is 4.39 Å². The van der Waals surface area contributed by atoms with E-state index in [2.05, 4.69) is 27.1 Å². The van der Waals surface area contributed by atoms with Gasteiger partial charge in [-0.3, -0.25) is 10.2 Å². The van der Waals surface area contributed by atoms with Crippen molar-refractivity contribution in [3.63, 3.8) is 0 Å². The van der Waals surface area contributed by atoms with Crippen molar-refractivity contribution in [2.75, 3.05) is 0 Å². The highest BCUT2D eigenvalue weighted by Crippen LogP contribution is 2.36. The Morgan fingerprint density at radius 3 is 2.62 bits per heavy atom. The van der Waals surface area contributed by atoms with Crippen LogP contribution in [-0.2, 0) is 4.79 Å². The van der Waals surface area contributed by atoms with E-state index >= 15 is 0 Å². The standard InChI is InChI=1S/C17H11BrFN3OS/c18-12-8-10(4-5-13(12)19)14-11(9-20)17(24)21-16(23)15(14)22-6-2-1-3-7-22/h1-8,14-15,20H/p+1/t14?,15-/m0/s1. The van der Waals surface area contributed by atoms with Gasteiger partial charge in [-0.25, -0.2) is 4.39 Å². The predicted molar refractivity (Wildman–Crippen MR) is 94.5 cm³/mol. The van der Waals surface area contributed by atoms with Gasteiger partial charge in [0.05, 0.1) is 16.0 Å². The third-order valence-electron chi connectivity index (χ3n) is 3.87. The number of pyridine rings is 1. The molecule has 1 aromatic carbocycles. The molecule has 1 saturated heterocycles. The molecule has 0 radical (unpaired) electrons. The van der Waals surface area contributed by atoms with E-state index in [0.717, 1.165) is 0 Å². The molecule has 24 heavy (non-hydrogen) atoms. The first kappa shape index (κ1) is 16.6. The van der Waals surface area contributed by atoms with Gasteiger partial charge in [0, 0.05) is 12.1 Å². The summed E-state index contributed by atoms with van der Waals surface area (Å²) in [4.78, 5) is 12.8. The van der Waals surface area contributed by atoms with Crippen molar-refractivity contribution in [1.29, 1.82) is 5.41 Å². The van der Waals surface area contributed by atoms with Crippen molar-refractivity contribution in [2.45, 2.75) is 12.0 Å². The summed E-state index contributed by atoms with van der Waals surface area (Å²) in [5, 5.41) is 10.2. The van der Waals surface area contributed by atoms with Crippen LogP contribution in [-0.4, -0.2) is 16.8 Å². The highest BCUT2D eigenvalue weighted by atomic mass is 79.9. The first-order valence-electron chi connectivity index (χ1n) is 7.08. The third kappa shape index (κ3) is 2.94. The van der Waals surface area contributed by atoms with Crippen molar-refractivity contribution in [3.8, 4) is 0 Å². The first-order chi connectivity index (χ1) is 11.5. The Balaban J connectivity index is 2.20. The van der Waals surface area contributed by atoms with Crippen LogP contribution in [0.3, 0.4) is 0 Å². The van der Waals surface area contributed by atoms with Gasteiger partial charge in [-0.15, -0.1) is 0 Å². The molecule has 2 N–H and O–H groups in total. The number of hydrogen-bond acceptors (Lipinski definition) is 3. The fraction of sp³-hybridized carbons (Fsp3) is 0.118. The van der Waals surface area contributed by atoms with Crippen LogP contribution in [0.15, 0.2) is 58.8 Å². The lowest BCUT2D eigenvalue weighted by molar-refractivity contribution is -0.711. The molecule has 0 saturated carbocycles. The summed E-state index contributed by atoms with van der Waals surface area (Å²) < 4.78 is 15.6. The molecule has 0 spiro atoms. The highest BCUT2D eigenvalue weighted by molar-refractivity contribution is 9.10. The maximum atomic E-state index is 13.6. The smallest absolute Gasteiger partial charge is 0.295 e. The lowest BCUT2D eigenvalue weighted by Crippen LogP contribution is -2.56. The number of aromatic nitrogens is 1. The largest absolute Gasteiger partial charge is 0.310 e. The first-order valence-corrected chi connectivity index (χ1v) is 8.28. The van der Waals surface area contributed by atoms with E-state index in [1.54, 1.807) is 29.1 Å². The Bertz CT molecular complexity index is 881. The van der Waals surface area contributed by atoms with E-state index in [-0.39, 0.29) is 15.4 Å². The normalized spacial score (nSPS) is 20.5. The number of nitrogens with one attached hydrogen (secondary N) is 2. The summed E-state index contributed by atoms with van der Waals surface area (Å²) in [6.45, 7) is 0. The second-order valence-corrected chi connectivity index (χ2v) is 6.54. The van der Waals surface area contributed by atoms with E-state index in [1.165, 1.54) is 6.07 Å². The summed E-state index contributed by atoms with van der Waals surface area (Å²) in [5.41, 5.74) is 1.07. The zero-order chi connectivity index (χ0) is 17.3. The summed E-state index contributed by atoms with van der Waals surface area (Å²) in [6, 6.07) is 9.34. The molecule has 1 unspecified atom stereocenters. The number of halogens is 2. The number of amides is 1. The Labute approximate surface area is 151 Å². The maximum Gasteiger partial charge on any atom is 0.295 e. The minimum absolute atomic E-state index is 0.174. The van der Waals surface area contributed by atoms with E-state index in [1.807, 2.05) is 18.2 Å². The topological polar surface area (TPSA) is 56.8 Å². The summed E-state index contributed by atoms with van der Waals surface area (Å²) in [5.74, 6) is 1.14. The van der Waals surface area contributed by atoms with Gasteiger partial charge in [-0.1, -0.05) is 24.4 Å². The molecule has 1 fully saturated rings. The van der Waals surface area contributed by atoms with Gasteiger partial charge in [0.2, 0.25) is 6.04 Å². The van der Waals surface area contributed by atoms with Gasteiger partial charge in [0.25, 0.3) is 5.91 Å². The summed E-state index contributed by atoms with van der Waals surface area (Å²) in [6.07, 6.45) is 3.54. The van der Waals surface area contributed by atoms with Crippen molar-refractivity contribution in [2.24, 2.45) is 0 Å². The van der Waals surface area contributed by atoms with Crippen molar-refractivity contribution >= 4 is 44.9 Å². The number of carbonyl (C=O) groups excluding carboxylic acids is 1. The number of carbonyl (C=O) groups is 1. The fourth-order valence-corrected chi connectivity index (χ4v) is 3.47. The molecule has 0 aliphatic carbocycles. The second-order valence-electron chi connectivity index (χ2n) is 5.28. The molecule has 0 bridgehead atoms. The minimum atomic E-state index is -0.650. The molecule has 2 aromatic rings. The monoisotopic (exact) mass is 404 g/mol. The van der Waals surface area contributed by atoms with Gasteiger partial charge >= 0.3 is 0 Å². The third-order valence-corrected chi connectivity index (χ3v) is 4.80. The van der Waals surface area contributed by atoms with Crippen LogP contribution in [0.5, 0.6) is 0 Å². The highest BCUT2D eigenvalue weighted by Gasteiger charge is 2.45. The Morgan fingerprint density at radius 2 is 2.00 bits per heavy atom. The second kappa shape index (κ2) is 6.73. The molecule has 4 nitrogen and oxygen atoms in total. The number of thiocarbonyl (C=S) groups is 1. The predicted octanol–water partition coefficient (Wildman–Crippen LogP) is 2.83. The number of rotatable bonds is 2. The average molecular weight is 405 g/mol. The maximum absolute atomic E-state index is 13.6. The zero-order valence-electron chi connectivity index (χ0n) is 12.3. The van der Waals surface area contributed by atoms with Crippen molar-refractivity contribution in [1.82, 2.24) is 5.32 Å². The fourth-order valence-electron chi connectivity index (χ4n) is 2.80. The van der Waals surface area contributed by atoms with Crippen LogP contribution >= 0.6 is 28.1 Å². The van der Waals surface area contributed by atoms with Gasteiger partial charge in [-0.05, 0) is 39.5 Å². The Hall–Kier alpha value is -2.21. The van der Waals surface area contributed by atoms with Gasteiger partial charge in [-0.2, -0.15) is 4.57 Å². The molecule has 1 aliphatic heterocycles. The van der Waals surface area contributed by atoms with E-state index in [4.69, 9.17) is 17.6 Å². The SMILES string of the molecule is N=C=C1C(=S)NC(=O)[C@@H]([n+]2ccccc2)C1c1ccc(F)c(Br)c1. The van der Waals surface area contributed by atoms with Gasteiger partial charge < -0.3 is 5.32 Å². The Morgan fingerprint density at radius 1 is 1.29 bits per heavy atom. The lowest BCUT2D eigenvalue weighted by Gasteiger charge is -2.29.